The molecule has 1 aliphatic rings. The molecule has 0 amide bonds. The van der Waals surface area contributed by atoms with Crippen LogP contribution in [0.15, 0.2) is 60.8 Å². The van der Waals surface area contributed by atoms with Crippen molar-refractivity contribution in [2.24, 2.45) is 0 Å². The number of carbonyl (C=O) groups is 1. The van der Waals surface area contributed by atoms with Gasteiger partial charge in [-0.05, 0) is 55.0 Å². The van der Waals surface area contributed by atoms with E-state index in [9.17, 15) is 0 Å². The summed E-state index contributed by atoms with van der Waals surface area (Å²) >= 11 is 0. The molecule has 0 bridgehead atoms. The van der Waals surface area contributed by atoms with Crippen LogP contribution in [0.25, 0.3) is 22.2 Å². The van der Waals surface area contributed by atoms with Crippen LogP contribution in [0.5, 0.6) is 23.0 Å². The van der Waals surface area contributed by atoms with Gasteiger partial charge in [-0.1, -0.05) is 6.07 Å². The summed E-state index contributed by atoms with van der Waals surface area (Å²) in [4.78, 5) is 17.6. The van der Waals surface area contributed by atoms with Crippen molar-refractivity contribution in [2.45, 2.75) is 13.3 Å². The molecule has 0 fully saturated rings. The number of fused-ring (bicyclic) bond motifs is 2. The van der Waals surface area contributed by atoms with Gasteiger partial charge in [0, 0.05) is 35.3 Å². The number of carboxylic acid groups (broad SMARTS) is 1. The fourth-order valence-electron chi connectivity index (χ4n) is 3.72. The summed E-state index contributed by atoms with van der Waals surface area (Å²) in [6.07, 6.45) is 2.55. The van der Waals surface area contributed by atoms with Crippen LogP contribution in [-0.4, -0.2) is 42.1 Å². The average molecular weight is 460 g/mol. The highest BCUT2D eigenvalue weighted by atomic mass is 16.7. The Bertz CT molecular complexity index is 1290. The minimum atomic E-state index is -0.250. The van der Waals surface area contributed by atoms with Crippen molar-refractivity contribution in [3.05, 3.63) is 72.1 Å². The normalized spacial score (nSPS) is 11.5. The molecule has 1 aliphatic heterocycles. The molecule has 8 heteroatoms. The first kappa shape index (κ1) is 22.8. The van der Waals surface area contributed by atoms with Gasteiger partial charge in [-0.25, -0.2) is 4.98 Å². The Morgan fingerprint density at radius 1 is 1.12 bits per heavy atom. The molecule has 3 heterocycles. The Balaban J connectivity index is 0.000000868. The van der Waals surface area contributed by atoms with E-state index in [1.54, 1.807) is 13.3 Å². The van der Waals surface area contributed by atoms with Gasteiger partial charge < -0.3 is 24.1 Å². The van der Waals surface area contributed by atoms with E-state index >= 15 is 0 Å². The van der Waals surface area contributed by atoms with Crippen LogP contribution < -0.4 is 18.9 Å². The molecule has 34 heavy (non-hydrogen) atoms. The summed E-state index contributed by atoms with van der Waals surface area (Å²) in [6, 6.07) is 17.8. The van der Waals surface area contributed by atoms with Gasteiger partial charge in [-0.2, -0.15) is 0 Å². The van der Waals surface area contributed by atoms with E-state index < -0.39 is 0 Å². The highest BCUT2D eigenvalue weighted by Gasteiger charge is 2.21. The molecule has 0 saturated carbocycles. The van der Waals surface area contributed by atoms with E-state index in [1.807, 2.05) is 42.5 Å². The molecule has 2 aromatic heterocycles. The minimum Gasteiger partial charge on any atom is -0.493 e. The number of nitrogens with zero attached hydrogens (tertiary/aromatic N) is 2. The van der Waals surface area contributed by atoms with Gasteiger partial charge >= 0.3 is 0 Å². The molecule has 174 valence electrons. The molecule has 4 aromatic rings. The number of aryl methyl sites for hydroxylation is 1. The monoisotopic (exact) mass is 460 g/mol. The second-order valence-electron chi connectivity index (χ2n) is 7.44. The molecule has 0 saturated heterocycles. The van der Waals surface area contributed by atoms with Crippen LogP contribution in [0.4, 0.5) is 0 Å². The lowest BCUT2D eigenvalue weighted by Gasteiger charge is -2.11. The summed E-state index contributed by atoms with van der Waals surface area (Å²) < 4.78 is 22.5. The Morgan fingerprint density at radius 2 is 1.97 bits per heavy atom. The van der Waals surface area contributed by atoms with Crippen molar-refractivity contribution in [3.8, 4) is 34.3 Å². The number of hydrogen-bond acceptors (Lipinski definition) is 7. The van der Waals surface area contributed by atoms with Gasteiger partial charge in [0.1, 0.15) is 5.75 Å². The van der Waals surface area contributed by atoms with Crippen molar-refractivity contribution >= 4 is 17.4 Å². The number of hydrogen-bond donors (Lipinski definition) is 1. The van der Waals surface area contributed by atoms with Gasteiger partial charge in [0.15, 0.2) is 11.5 Å². The molecule has 0 spiro atoms. The first-order valence-corrected chi connectivity index (χ1v) is 10.6. The fourth-order valence-corrected chi connectivity index (χ4v) is 3.72. The maximum Gasteiger partial charge on any atom is 0.290 e. The number of aromatic nitrogens is 2. The molecule has 5 rings (SSSR count). The van der Waals surface area contributed by atoms with Gasteiger partial charge in [0.05, 0.1) is 24.9 Å². The van der Waals surface area contributed by atoms with Gasteiger partial charge in [-0.15, -0.1) is 0 Å². The largest absolute Gasteiger partial charge is 0.493 e. The standard InChI is InChI=1S/C25H22N2O4.CH2O2/c1-16-11-21(17-12-23(28-2)25-24(13-17)30-15-31-25)27-22-14-19(6-7-20(16)22)29-10-8-18-5-3-4-9-26-18;2-1-3/h3-7,9,11-14H,8,10,15H2,1-2H3;1H,(H,2,3). The van der Waals surface area contributed by atoms with E-state index in [0.717, 1.165) is 45.6 Å². The van der Waals surface area contributed by atoms with E-state index in [1.165, 1.54) is 0 Å². The molecular formula is C26H24N2O6. The predicted octanol–water partition coefficient (Wildman–Crippen LogP) is 4.66. The molecule has 0 radical (unpaired) electrons. The van der Waals surface area contributed by atoms with Crippen LogP contribution in [0.2, 0.25) is 0 Å². The minimum absolute atomic E-state index is 0.193. The number of rotatable bonds is 6. The van der Waals surface area contributed by atoms with Crippen molar-refractivity contribution in [3.63, 3.8) is 0 Å². The zero-order chi connectivity index (χ0) is 23.9. The highest BCUT2D eigenvalue weighted by molar-refractivity contribution is 5.86. The van der Waals surface area contributed by atoms with Crippen LogP contribution >= 0.6 is 0 Å². The first-order valence-electron chi connectivity index (χ1n) is 10.6. The number of ether oxygens (including phenoxy) is 4. The zero-order valence-corrected chi connectivity index (χ0v) is 18.9. The van der Waals surface area contributed by atoms with E-state index in [0.29, 0.717) is 23.9 Å². The Hall–Kier alpha value is -4.33. The third-order valence-electron chi connectivity index (χ3n) is 5.30. The topological polar surface area (TPSA) is 100 Å². The maximum atomic E-state index is 8.36. The number of benzene rings is 2. The van der Waals surface area contributed by atoms with Crippen molar-refractivity contribution in [2.75, 3.05) is 20.5 Å². The Morgan fingerprint density at radius 3 is 2.74 bits per heavy atom. The average Bonchev–Trinajstić information content (AvgIpc) is 3.33. The van der Waals surface area contributed by atoms with Crippen LogP contribution in [0.1, 0.15) is 11.3 Å². The molecular weight excluding hydrogens is 436 g/mol. The molecule has 0 unspecified atom stereocenters. The smallest absolute Gasteiger partial charge is 0.290 e. The number of methoxy groups -OCH3 is 1. The Labute approximate surface area is 196 Å². The maximum absolute atomic E-state index is 8.36. The summed E-state index contributed by atoms with van der Waals surface area (Å²) in [5.74, 6) is 2.72. The predicted molar refractivity (Wildman–Crippen MR) is 127 cm³/mol. The van der Waals surface area contributed by atoms with Crippen LogP contribution in [0.3, 0.4) is 0 Å². The van der Waals surface area contributed by atoms with E-state index in [4.69, 9.17) is 33.8 Å². The zero-order valence-electron chi connectivity index (χ0n) is 18.9. The van der Waals surface area contributed by atoms with Crippen molar-refractivity contribution in [1.29, 1.82) is 0 Å². The Kier molecular flexibility index (Phi) is 7.07. The number of pyridine rings is 2. The summed E-state index contributed by atoms with van der Waals surface area (Å²) in [5, 5.41) is 7.98. The van der Waals surface area contributed by atoms with Crippen molar-refractivity contribution < 1.29 is 28.8 Å². The lowest BCUT2D eigenvalue weighted by Crippen LogP contribution is -2.02. The second-order valence-corrected chi connectivity index (χ2v) is 7.44. The first-order chi connectivity index (χ1) is 16.6. The van der Waals surface area contributed by atoms with Crippen LogP contribution in [-0.2, 0) is 11.2 Å². The summed E-state index contributed by atoms with van der Waals surface area (Å²) in [7, 11) is 1.62. The molecule has 8 nitrogen and oxygen atoms in total. The van der Waals surface area contributed by atoms with Gasteiger partial charge in [-0.3, -0.25) is 9.78 Å². The summed E-state index contributed by atoms with van der Waals surface area (Å²) in [6.45, 7) is 2.58. The highest BCUT2D eigenvalue weighted by Crippen LogP contribution is 2.44. The quantitative estimate of drug-likeness (QED) is 0.415. The third kappa shape index (κ3) is 5.01. The van der Waals surface area contributed by atoms with Gasteiger partial charge in [0.25, 0.3) is 6.47 Å². The summed E-state index contributed by atoms with van der Waals surface area (Å²) in [5.41, 5.74) is 4.77. The van der Waals surface area contributed by atoms with Crippen LogP contribution in [0, 0.1) is 6.92 Å². The van der Waals surface area contributed by atoms with E-state index in [-0.39, 0.29) is 13.3 Å². The third-order valence-corrected chi connectivity index (χ3v) is 5.30. The fraction of sp³-hybridized carbons (Fsp3) is 0.192. The molecule has 0 atom stereocenters. The van der Waals surface area contributed by atoms with Gasteiger partial charge in [0.2, 0.25) is 12.5 Å². The molecule has 0 aliphatic carbocycles. The van der Waals surface area contributed by atoms with E-state index in [2.05, 4.69) is 24.0 Å². The van der Waals surface area contributed by atoms with Crippen molar-refractivity contribution in [1.82, 2.24) is 9.97 Å². The molecule has 1 N–H and O–H groups in total. The SMILES string of the molecule is COc1cc(-c2cc(C)c3ccc(OCCc4ccccn4)cc3n2)cc2c1OCO2.O=CO. The molecule has 2 aromatic carbocycles. The second kappa shape index (κ2) is 10.5. The lowest BCUT2D eigenvalue weighted by molar-refractivity contribution is -0.122. The lowest BCUT2D eigenvalue weighted by atomic mass is 10.0.